The van der Waals surface area contributed by atoms with Crippen molar-refractivity contribution in [3.05, 3.63) is 22.7 Å². The van der Waals surface area contributed by atoms with Crippen LogP contribution in [0.25, 0.3) is 0 Å². The third kappa shape index (κ3) is 3.65. The number of hydrogen-bond acceptors (Lipinski definition) is 5. The second kappa shape index (κ2) is 5.96. The van der Waals surface area contributed by atoms with E-state index in [4.69, 9.17) is 5.73 Å². The van der Waals surface area contributed by atoms with Crippen molar-refractivity contribution in [3.63, 3.8) is 0 Å². The average molecular weight is 397 g/mol. The van der Waals surface area contributed by atoms with Crippen LogP contribution in [0.5, 0.6) is 0 Å². The van der Waals surface area contributed by atoms with E-state index in [0.717, 1.165) is 19.1 Å². The zero-order chi connectivity index (χ0) is 15.8. The fourth-order valence-corrected chi connectivity index (χ4v) is 5.62. The van der Waals surface area contributed by atoms with Gasteiger partial charge in [0, 0.05) is 29.9 Å². The van der Waals surface area contributed by atoms with Crippen molar-refractivity contribution in [2.24, 2.45) is 5.73 Å². The van der Waals surface area contributed by atoms with E-state index in [1.54, 1.807) is 0 Å². The minimum atomic E-state index is -3.68. The normalized spacial score (nSPS) is 21.4. The fraction of sp³-hybridized carbons (Fsp3) is 0.500. The molecule has 0 radical (unpaired) electrons. The Kier molecular flexibility index (Phi) is 4.79. The van der Waals surface area contributed by atoms with Gasteiger partial charge >= 0.3 is 0 Å². The van der Waals surface area contributed by atoms with Gasteiger partial charge in [0.2, 0.25) is 10.0 Å². The molecule has 6 nitrogen and oxygen atoms in total. The molecule has 2 N–H and O–H groups in total. The monoisotopic (exact) mass is 396 g/mol. The van der Waals surface area contributed by atoms with E-state index in [9.17, 15) is 16.8 Å². The lowest BCUT2D eigenvalue weighted by Gasteiger charge is -2.30. The Morgan fingerprint density at radius 3 is 2.48 bits per heavy atom. The summed E-state index contributed by atoms with van der Waals surface area (Å²) in [6.07, 6.45) is 2.60. The third-order valence-corrected chi connectivity index (χ3v) is 7.32. The van der Waals surface area contributed by atoms with Gasteiger partial charge in [0.15, 0.2) is 9.84 Å². The Hall–Kier alpha value is -0.480. The van der Waals surface area contributed by atoms with E-state index in [-0.39, 0.29) is 26.9 Å². The largest absolute Gasteiger partial charge is 0.327 e. The van der Waals surface area contributed by atoms with Crippen LogP contribution in [0.15, 0.2) is 32.5 Å². The number of sulfone groups is 1. The van der Waals surface area contributed by atoms with Crippen molar-refractivity contribution in [2.45, 2.75) is 28.7 Å². The van der Waals surface area contributed by atoms with Crippen molar-refractivity contribution in [1.29, 1.82) is 0 Å². The second-order valence-corrected chi connectivity index (χ2v) is 9.91. The lowest BCUT2D eigenvalue weighted by molar-refractivity contribution is 0.316. The Bertz CT molecular complexity index is 747. The number of nitrogens with two attached hydrogens (primary N) is 1. The van der Waals surface area contributed by atoms with E-state index in [2.05, 4.69) is 15.9 Å². The minimum absolute atomic E-state index is 0.0593. The van der Waals surface area contributed by atoms with Gasteiger partial charge in [0.1, 0.15) is 0 Å². The van der Waals surface area contributed by atoms with Gasteiger partial charge in [-0.25, -0.2) is 16.8 Å². The second-order valence-electron chi connectivity index (χ2n) is 5.13. The maximum Gasteiger partial charge on any atom is 0.244 e. The number of piperidine rings is 1. The number of hydrogen-bond donors (Lipinski definition) is 1. The molecule has 0 aromatic heterocycles. The van der Waals surface area contributed by atoms with Crippen LogP contribution in [0.1, 0.15) is 12.8 Å². The van der Waals surface area contributed by atoms with E-state index in [1.807, 2.05) is 0 Å². The first-order valence-corrected chi connectivity index (χ1v) is 10.5. The van der Waals surface area contributed by atoms with Gasteiger partial charge in [-0.1, -0.05) is 0 Å². The Morgan fingerprint density at radius 1 is 1.29 bits per heavy atom. The number of halogens is 1. The molecule has 0 bridgehead atoms. The quantitative estimate of drug-likeness (QED) is 0.820. The van der Waals surface area contributed by atoms with E-state index >= 15 is 0 Å². The Morgan fingerprint density at radius 2 is 1.95 bits per heavy atom. The predicted octanol–water partition coefficient (Wildman–Crippen LogP) is 0.964. The Balaban J connectivity index is 2.41. The predicted molar refractivity (Wildman–Crippen MR) is 83.2 cm³/mol. The molecule has 9 heteroatoms. The van der Waals surface area contributed by atoms with Crippen molar-refractivity contribution in [3.8, 4) is 0 Å². The lowest BCUT2D eigenvalue weighted by atomic mass is 10.1. The molecule has 1 aliphatic rings. The smallest absolute Gasteiger partial charge is 0.244 e. The summed E-state index contributed by atoms with van der Waals surface area (Å²) in [7, 11) is -7.06. The van der Waals surface area contributed by atoms with Crippen LogP contribution in [0.3, 0.4) is 0 Å². The van der Waals surface area contributed by atoms with Crippen molar-refractivity contribution in [1.82, 2.24) is 4.31 Å². The Labute approximate surface area is 133 Å². The zero-order valence-electron chi connectivity index (χ0n) is 11.5. The van der Waals surface area contributed by atoms with Crippen molar-refractivity contribution < 1.29 is 16.8 Å². The van der Waals surface area contributed by atoms with E-state index < -0.39 is 19.9 Å². The molecule has 1 heterocycles. The molecular weight excluding hydrogens is 380 g/mol. The van der Waals surface area contributed by atoms with E-state index in [0.29, 0.717) is 6.54 Å². The molecule has 1 saturated heterocycles. The summed E-state index contributed by atoms with van der Waals surface area (Å²) in [4.78, 5) is 0.132. The maximum atomic E-state index is 12.6. The summed E-state index contributed by atoms with van der Waals surface area (Å²) in [5.74, 6) is 0. The summed E-state index contributed by atoms with van der Waals surface area (Å²) in [5, 5.41) is 0. The molecule has 1 aliphatic heterocycles. The number of benzene rings is 1. The van der Waals surface area contributed by atoms with Crippen LogP contribution < -0.4 is 5.73 Å². The number of rotatable bonds is 3. The molecule has 1 atom stereocenters. The molecular formula is C12H17BrN2O4S2. The highest BCUT2D eigenvalue weighted by Crippen LogP contribution is 2.29. The molecule has 118 valence electrons. The van der Waals surface area contributed by atoms with Gasteiger partial charge in [-0.15, -0.1) is 0 Å². The molecule has 0 spiro atoms. The summed E-state index contributed by atoms with van der Waals surface area (Å²) in [6, 6.07) is 3.77. The highest BCUT2D eigenvalue weighted by Gasteiger charge is 2.30. The maximum absolute atomic E-state index is 12.6. The highest BCUT2D eigenvalue weighted by molar-refractivity contribution is 9.10. The topological polar surface area (TPSA) is 97.5 Å². The summed E-state index contributed by atoms with van der Waals surface area (Å²) in [5.41, 5.74) is 5.82. The zero-order valence-corrected chi connectivity index (χ0v) is 14.7. The van der Waals surface area contributed by atoms with Gasteiger partial charge in [-0.05, 0) is 47.0 Å². The molecule has 2 rings (SSSR count). The van der Waals surface area contributed by atoms with Crippen molar-refractivity contribution >= 4 is 35.8 Å². The summed E-state index contributed by atoms with van der Waals surface area (Å²) in [6.45, 7) is 0.707. The first kappa shape index (κ1) is 16.9. The van der Waals surface area contributed by atoms with Gasteiger partial charge in [0.05, 0.1) is 9.79 Å². The first-order chi connectivity index (χ1) is 9.62. The van der Waals surface area contributed by atoms with Crippen LogP contribution >= 0.6 is 15.9 Å². The van der Waals surface area contributed by atoms with Crippen LogP contribution in [-0.4, -0.2) is 46.5 Å². The number of nitrogens with zero attached hydrogens (tertiary/aromatic N) is 1. The fourth-order valence-electron chi connectivity index (χ4n) is 2.25. The molecule has 0 aliphatic carbocycles. The molecule has 1 aromatic rings. The molecule has 1 aromatic carbocycles. The van der Waals surface area contributed by atoms with Crippen LogP contribution in [-0.2, 0) is 19.9 Å². The SMILES string of the molecule is CS(=O)(=O)c1ccc(S(=O)(=O)N2CCCC(N)C2)c(Br)c1. The molecule has 1 unspecified atom stereocenters. The third-order valence-electron chi connectivity index (χ3n) is 3.37. The van der Waals surface area contributed by atoms with Gasteiger partial charge < -0.3 is 5.73 Å². The van der Waals surface area contributed by atoms with E-state index in [1.165, 1.54) is 22.5 Å². The average Bonchev–Trinajstić information content (AvgIpc) is 2.37. The standard InChI is InChI=1S/C12H17BrN2O4S2/c1-20(16,17)10-4-5-12(11(13)7-10)21(18,19)15-6-2-3-9(14)8-15/h4-5,7,9H,2-3,6,8,14H2,1H3. The number of sulfonamides is 1. The van der Waals surface area contributed by atoms with Crippen LogP contribution in [0.4, 0.5) is 0 Å². The first-order valence-electron chi connectivity index (χ1n) is 6.38. The lowest BCUT2D eigenvalue weighted by Crippen LogP contribution is -2.45. The van der Waals surface area contributed by atoms with Crippen molar-refractivity contribution in [2.75, 3.05) is 19.3 Å². The summed E-state index contributed by atoms with van der Waals surface area (Å²) < 4.78 is 49.8. The van der Waals surface area contributed by atoms with Gasteiger partial charge in [-0.3, -0.25) is 0 Å². The molecule has 0 saturated carbocycles. The highest BCUT2D eigenvalue weighted by atomic mass is 79.9. The molecule has 21 heavy (non-hydrogen) atoms. The minimum Gasteiger partial charge on any atom is -0.327 e. The van der Waals surface area contributed by atoms with Crippen LogP contribution in [0.2, 0.25) is 0 Å². The van der Waals surface area contributed by atoms with Crippen LogP contribution in [0, 0.1) is 0 Å². The van der Waals surface area contributed by atoms with Gasteiger partial charge in [-0.2, -0.15) is 4.31 Å². The summed E-state index contributed by atoms with van der Waals surface area (Å²) >= 11 is 3.16. The van der Waals surface area contributed by atoms with Gasteiger partial charge in [0.25, 0.3) is 0 Å². The molecule has 0 amide bonds. The molecule has 1 fully saturated rings.